The average molecular weight is 95.1 g/mol. The lowest BCUT2D eigenvalue weighted by Gasteiger charge is -2.00. The van der Waals surface area contributed by atoms with Gasteiger partial charge in [0.25, 0.3) is 0 Å². The lowest BCUT2D eigenvalue weighted by molar-refractivity contribution is 0.714. The van der Waals surface area contributed by atoms with Gasteiger partial charge in [-0.1, -0.05) is 12.2 Å². The monoisotopic (exact) mass is 95.1 g/mol. The van der Waals surface area contributed by atoms with Crippen molar-refractivity contribution in [3.8, 4) is 0 Å². The fourth-order valence-corrected chi connectivity index (χ4v) is 1.38. The second-order valence-corrected chi connectivity index (χ2v) is 2.40. The molecule has 1 aliphatic heterocycles. The zero-order valence-electron chi connectivity index (χ0n) is 4.22. The van der Waals surface area contributed by atoms with Gasteiger partial charge in [-0.05, 0) is 12.3 Å². The fraction of sp³-hybridized carbons (Fsp3) is 0.667. The molecule has 2 bridgehead atoms. The first kappa shape index (κ1) is 3.67. The van der Waals surface area contributed by atoms with E-state index in [-0.39, 0.29) is 0 Å². The lowest BCUT2D eigenvalue weighted by Crippen LogP contribution is -2.20. The highest BCUT2D eigenvalue weighted by atomic mass is 15.0. The Kier molecular flexibility index (Phi) is 0.577. The largest absolute Gasteiger partial charge is 0.310 e. The Morgan fingerprint density at radius 2 is 2.43 bits per heavy atom. The molecule has 1 N–H and O–H groups in total. The number of fused-ring (bicyclic) bond motifs is 2. The smallest absolute Gasteiger partial charge is 0.0256 e. The molecule has 2 atom stereocenters. The van der Waals surface area contributed by atoms with Gasteiger partial charge in [0.05, 0.1) is 0 Å². The van der Waals surface area contributed by atoms with Crippen molar-refractivity contribution in [2.75, 3.05) is 6.54 Å². The molecule has 1 fully saturated rings. The van der Waals surface area contributed by atoms with E-state index in [1.54, 1.807) is 0 Å². The minimum Gasteiger partial charge on any atom is -0.310 e. The van der Waals surface area contributed by atoms with Gasteiger partial charge in [0.15, 0.2) is 0 Å². The van der Waals surface area contributed by atoms with Crippen LogP contribution in [0.2, 0.25) is 0 Å². The third-order valence-corrected chi connectivity index (χ3v) is 1.81. The number of rotatable bonds is 0. The first-order chi connectivity index (χ1) is 3.45. The summed E-state index contributed by atoms with van der Waals surface area (Å²) in [4.78, 5) is 0. The van der Waals surface area contributed by atoms with Crippen LogP contribution in [0.5, 0.6) is 0 Å². The highest BCUT2D eigenvalue weighted by Crippen LogP contribution is 2.22. The molecular formula is C6H9N. The van der Waals surface area contributed by atoms with Crippen LogP contribution < -0.4 is 5.32 Å². The number of nitrogens with one attached hydrogen (secondary N) is 1. The molecule has 7 heavy (non-hydrogen) atoms. The molecule has 2 unspecified atom stereocenters. The summed E-state index contributed by atoms with van der Waals surface area (Å²) in [7, 11) is 0. The summed E-state index contributed by atoms with van der Waals surface area (Å²) in [6.45, 7) is 1.22. The van der Waals surface area contributed by atoms with Gasteiger partial charge in [-0.25, -0.2) is 0 Å². The van der Waals surface area contributed by atoms with Crippen molar-refractivity contribution in [2.45, 2.75) is 12.5 Å². The number of hydrogen-bond donors (Lipinski definition) is 1. The van der Waals surface area contributed by atoms with E-state index in [2.05, 4.69) is 17.5 Å². The Hall–Kier alpha value is -0.300. The summed E-state index contributed by atoms with van der Waals surface area (Å²) in [5, 5.41) is 3.37. The first-order valence-electron chi connectivity index (χ1n) is 2.87. The maximum atomic E-state index is 3.37. The van der Waals surface area contributed by atoms with E-state index in [1.807, 2.05) is 0 Å². The molecule has 1 saturated heterocycles. The summed E-state index contributed by atoms with van der Waals surface area (Å²) < 4.78 is 0. The predicted octanol–water partition coefficient (Wildman–Crippen LogP) is 0.534. The van der Waals surface area contributed by atoms with Gasteiger partial charge >= 0.3 is 0 Å². The van der Waals surface area contributed by atoms with Crippen molar-refractivity contribution in [2.24, 2.45) is 5.92 Å². The molecule has 0 radical (unpaired) electrons. The standard InChI is InChI=1S/C6H9N/c1-2-6-3-5(1)4-7-6/h1-2,5-7H,3-4H2. The van der Waals surface area contributed by atoms with Crippen LogP contribution in [0.3, 0.4) is 0 Å². The predicted molar refractivity (Wildman–Crippen MR) is 29.0 cm³/mol. The highest BCUT2D eigenvalue weighted by molar-refractivity contribution is 5.11. The zero-order chi connectivity index (χ0) is 4.69. The Bertz CT molecular complexity index is 94.7. The van der Waals surface area contributed by atoms with Crippen LogP contribution in [0.25, 0.3) is 0 Å². The van der Waals surface area contributed by atoms with Crippen molar-refractivity contribution in [3.05, 3.63) is 12.2 Å². The Morgan fingerprint density at radius 3 is 2.57 bits per heavy atom. The van der Waals surface area contributed by atoms with Crippen LogP contribution in [0, 0.1) is 5.92 Å². The molecule has 0 amide bonds. The summed E-state index contributed by atoms with van der Waals surface area (Å²) in [5.74, 6) is 0.880. The normalized spacial score (nSPS) is 45.7. The third kappa shape index (κ3) is 0.416. The van der Waals surface area contributed by atoms with Gasteiger partial charge in [0, 0.05) is 12.6 Å². The van der Waals surface area contributed by atoms with Gasteiger partial charge in [-0.15, -0.1) is 0 Å². The van der Waals surface area contributed by atoms with E-state index in [4.69, 9.17) is 0 Å². The maximum Gasteiger partial charge on any atom is 0.0256 e. The molecule has 0 aromatic rings. The van der Waals surface area contributed by atoms with Crippen molar-refractivity contribution < 1.29 is 0 Å². The molecule has 38 valence electrons. The average Bonchev–Trinajstić information content (AvgIpc) is 2.22. The molecule has 1 aliphatic carbocycles. The topological polar surface area (TPSA) is 12.0 Å². The van der Waals surface area contributed by atoms with Gasteiger partial charge in [-0.2, -0.15) is 0 Å². The highest BCUT2D eigenvalue weighted by Gasteiger charge is 2.24. The second kappa shape index (κ2) is 1.10. The number of hydrogen-bond acceptors (Lipinski definition) is 1. The molecule has 2 rings (SSSR count). The van der Waals surface area contributed by atoms with Gasteiger partial charge in [0.2, 0.25) is 0 Å². The summed E-state index contributed by atoms with van der Waals surface area (Å²) in [6.07, 6.45) is 5.95. The molecular weight excluding hydrogens is 86.1 g/mol. The fourth-order valence-electron chi connectivity index (χ4n) is 1.38. The van der Waals surface area contributed by atoms with E-state index < -0.39 is 0 Å². The van der Waals surface area contributed by atoms with Crippen LogP contribution in [0.15, 0.2) is 12.2 Å². The van der Waals surface area contributed by atoms with Crippen molar-refractivity contribution in [1.29, 1.82) is 0 Å². The molecule has 2 aliphatic rings. The third-order valence-electron chi connectivity index (χ3n) is 1.81. The van der Waals surface area contributed by atoms with Gasteiger partial charge in [0.1, 0.15) is 0 Å². The van der Waals surface area contributed by atoms with Crippen LogP contribution in [0.1, 0.15) is 6.42 Å². The summed E-state index contributed by atoms with van der Waals surface area (Å²) in [5.41, 5.74) is 0. The maximum absolute atomic E-state index is 3.37. The minimum atomic E-state index is 0.741. The van der Waals surface area contributed by atoms with Crippen LogP contribution >= 0.6 is 0 Å². The van der Waals surface area contributed by atoms with Gasteiger partial charge in [-0.3, -0.25) is 0 Å². The summed E-state index contributed by atoms with van der Waals surface area (Å²) >= 11 is 0. The molecule has 1 heterocycles. The van der Waals surface area contributed by atoms with E-state index in [0.717, 1.165) is 12.0 Å². The van der Waals surface area contributed by atoms with Crippen molar-refractivity contribution in [1.82, 2.24) is 5.32 Å². The van der Waals surface area contributed by atoms with Crippen molar-refractivity contribution >= 4 is 0 Å². The molecule has 0 saturated carbocycles. The van der Waals surface area contributed by atoms with E-state index in [1.165, 1.54) is 13.0 Å². The Morgan fingerprint density at radius 1 is 1.43 bits per heavy atom. The van der Waals surface area contributed by atoms with Crippen LogP contribution in [0.4, 0.5) is 0 Å². The zero-order valence-corrected chi connectivity index (χ0v) is 4.22. The van der Waals surface area contributed by atoms with E-state index in [9.17, 15) is 0 Å². The van der Waals surface area contributed by atoms with E-state index in [0.29, 0.717) is 0 Å². The van der Waals surface area contributed by atoms with Crippen LogP contribution in [-0.2, 0) is 0 Å². The molecule has 0 spiro atoms. The Balaban J connectivity index is 2.27. The minimum absolute atomic E-state index is 0.741. The molecule has 1 nitrogen and oxygen atoms in total. The molecule has 0 aromatic heterocycles. The molecule has 1 heteroatoms. The Labute approximate surface area is 43.4 Å². The quantitative estimate of drug-likeness (QED) is 0.433. The molecule has 0 aromatic carbocycles. The second-order valence-electron chi connectivity index (χ2n) is 2.40. The van der Waals surface area contributed by atoms with E-state index >= 15 is 0 Å². The first-order valence-corrected chi connectivity index (χ1v) is 2.87. The van der Waals surface area contributed by atoms with Crippen molar-refractivity contribution in [3.63, 3.8) is 0 Å². The van der Waals surface area contributed by atoms with Gasteiger partial charge < -0.3 is 5.32 Å². The SMILES string of the molecule is C1=CC2CC1CN2. The summed E-state index contributed by atoms with van der Waals surface area (Å²) in [6, 6.07) is 0.741. The van der Waals surface area contributed by atoms with Crippen LogP contribution in [-0.4, -0.2) is 12.6 Å². The lowest BCUT2D eigenvalue weighted by atomic mass is 10.2.